The van der Waals surface area contributed by atoms with Crippen molar-refractivity contribution >= 4 is 29.3 Å². The number of nitrogens with one attached hydrogen (secondary N) is 1. The summed E-state index contributed by atoms with van der Waals surface area (Å²) in [6, 6.07) is 16.3. The van der Waals surface area contributed by atoms with Crippen molar-refractivity contribution in [2.24, 2.45) is 0 Å². The average Bonchev–Trinajstić information content (AvgIpc) is 2.49. The summed E-state index contributed by atoms with van der Waals surface area (Å²) in [4.78, 5) is 24.8. The Balaban J connectivity index is 1.98. The maximum Gasteiger partial charge on any atom is 0.312 e. The number of fused-ring (bicyclic) bond motifs is 1. The Bertz CT molecular complexity index is 687. The molecule has 2 aromatic carbocycles. The second kappa shape index (κ2) is 5.61. The van der Waals surface area contributed by atoms with E-state index >= 15 is 0 Å². The number of para-hydroxylation sites is 1. The molecule has 1 aliphatic heterocycles. The summed E-state index contributed by atoms with van der Waals surface area (Å²) >= 11 is 1.30. The summed E-state index contributed by atoms with van der Waals surface area (Å²) in [5, 5.41) is 11.7. The molecule has 106 valence electrons. The Morgan fingerprint density at radius 3 is 2.48 bits per heavy atom. The number of rotatable bonds is 3. The first-order valence-corrected chi connectivity index (χ1v) is 7.39. The van der Waals surface area contributed by atoms with Crippen LogP contribution >= 0.6 is 11.8 Å². The van der Waals surface area contributed by atoms with Crippen molar-refractivity contribution in [1.82, 2.24) is 0 Å². The van der Waals surface area contributed by atoms with Gasteiger partial charge < -0.3 is 10.4 Å². The lowest BCUT2D eigenvalue weighted by molar-refractivity contribution is -0.140. The van der Waals surface area contributed by atoms with Crippen molar-refractivity contribution in [3.8, 4) is 0 Å². The summed E-state index contributed by atoms with van der Waals surface area (Å²) < 4.78 is 0. The number of carbonyl (C=O) groups excluding carboxylic acids is 1. The minimum atomic E-state index is -0.992. The molecule has 0 radical (unpaired) electrons. The largest absolute Gasteiger partial charge is 0.481 e. The normalized spacial score (nSPS) is 18.5. The van der Waals surface area contributed by atoms with Crippen LogP contribution in [0.1, 0.15) is 11.5 Å². The van der Waals surface area contributed by atoms with Crippen LogP contribution < -0.4 is 5.32 Å². The van der Waals surface area contributed by atoms with Crippen LogP contribution in [-0.2, 0) is 9.59 Å². The van der Waals surface area contributed by atoms with E-state index in [9.17, 15) is 14.7 Å². The van der Waals surface area contributed by atoms with Crippen molar-refractivity contribution in [3.05, 3.63) is 60.2 Å². The van der Waals surface area contributed by atoms with Crippen LogP contribution in [0.5, 0.6) is 0 Å². The Labute approximate surface area is 126 Å². The highest BCUT2D eigenvalue weighted by molar-refractivity contribution is 8.01. The first kappa shape index (κ1) is 13.7. The maximum absolute atomic E-state index is 12.3. The van der Waals surface area contributed by atoms with Crippen LogP contribution in [0.4, 0.5) is 5.69 Å². The van der Waals surface area contributed by atoms with Crippen LogP contribution in [0.15, 0.2) is 59.5 Å². The number of aliphatic carboxylic acids is 1. The molecule has 0 bridgehead atoms. The first-order valence-electron chi connectivity index (χ1n) is 6.51. The van der Waals surface area contributed by atoms with Crippen LogP contribution in [0.25, 0.3) is 0 Å². The third-order valence-electron chi connectivity index (χ3n) is 3.38. The van der Waals surface area contributed by atoms with Gasteiger partial charge in [0.1, 0.15) is 11.2 Å². The molecule has 0 unspecified atom stereocenters. The molecule has 2 aromatic rings. The predicted octanol–water partition coefficient (Wildman–Crippen LogP) is 2.97. The fraction of sp³-hybridized carbons (Fsp3) is 0.125. The number of hydrogen-bond donors (Lipinski definition) is 2. The molecule has 2 atom stereocenters. The molecule has 2 N–H and O–H groups in total. The van der Waals surface area contributed by atoms with Crippen LogP contribution in [0.2, 0.25) is 0 Å². The summed E-state index contributed by atoms with van der Waals surface area (Å²) in [6.45, 7) is 0. The molecule has 5 heteroatoms. The Hall–Kier alpha value is -2.27. The molecule has 0 fully saturated rings. The lowest BCUT2D eigenvalue weighted by Crippen LogP contribution is -2.37. The van der Waals surface area contributed by atoms with Crippen molar-refractivity contribution < 1.29 is 14.7 Å². The minimum Gasteiger partial charge on any atom is -0.481 e. The van der Waals surface area contributed by atoms with Crippen molar-refractivity contribution in [1.29, 1.82) is 0 Å². The van der Waals surface area contributed by atoms with E-state index in [4.69, 9.17) is 0 Å². The highest BCUT2D eigenvalue weighted by Crippen LogP contribution is 2.41. The summed E-state index contributed by atoms with van der Waals surface area (Å²) in [5.41, 5.74) is 1.37. The molecule has 0 aromatic heterocycles. The van der Waals surface area contributed by atoms with E-state index in [1.54, 1.807) is 24.3 Å². The first-order chi connectivity index (χ1) is 10.2. The van der Waals surface area contributed by atoms with E-state index in [1.165, 1.54) is 11.8 Å². The van der Waals surface area contributed by atoms with E-state index in [-0.39, 0.29) is 5.91 Å². The van der Waals surface area contributed by atoms with E-state index in [0.29, 0.717) is 5.56 Å². The van der Waals surface area contributed by atoms with Gasteiger partial charge in [-0.1, -0.05) is 42.5 Å². The van der Waals surface area contributed by atoms with Gasteiger partial charge in [-0.15, -0.1) is 11.8 Å². The fourth-order valence-corrected chi connectivity index (χ4v) is 3.65. The molecule has 0 aliphatic carbocycles. The average molecular weight is 299 g/mol. The molecule has 4 nitrogen and oxygen atoms in total. The van der Waals surface area contributed by atoms with E-state index in [2.05, 4.69) is 5.32 Å². The molecule has 1 amide bonds. The number of anilines is 1. The summed E-state index contributed by atoms with van der Waals surface area (Å²) in [5.74, 6) is -2.13. The summed E-state index contributed by atoms with van der Waals surface area (Å²) in [7, 11) is 0. The van der Waals surface area contributed by atoms with Crippen molar-refractivity contribution in [3.63, 3.8) is 0 Å². The third-order valence-corrected chi connectivity index (χ3v) is 4.73. The SMILES string of the molecule is O=C1Nc2ccccc2S[C@H]1[C@H](C(=O)O)c1ccccc1. The Kier molecular flexibility index (Phi) is 3.66. The van der Waals surface area contributed by atoms with Gasteiger partial charge in [-0.3, -0.25) is 9.59 Å². The fourth-order valence-electron chi connectivity index (χ4n) is 2.39. The maximum atomic E-state index is 12.3. The predicted molar refractivity (Wildman–Crippen MR) is 81.5 cm³/mol. The molecular formula is C16H13NO3S. The van der Waals surface area contributed by atoms with Gasteiger partial charge >= 0.3 is 5.97 Å². The third kappa shape index (κ3) is 2.64. The van der Waals surface area contributed by atoms with Gasteiger partial charge in [0.15, 0.2) is 0 Å². The van der Waals surface area contributed by atoms with Gasteiger partial charge in [0, 0.05) is 4.90 Å². The number of carbonyl (C=O) groups is 2. The molecular weight excluding hydrogens is 286 g/mol. The monoisotopic (exact) mass is 299 g/mol. The van der Waals surface area contributed by atoms with Gasteiger partial charge in [0.05, 0.1) is 5.69 Å². The quantitative estimate of drug-likeness (QED) is 0.914. The van der Waals surface area contributed by atoms with Gasteiger partial charge in [-0.25, -0.2) is 0 Å². The summed E-state index contributed by atoms with van der Waals surface area (Å²) in [6.07, 6.45) is 0. The molecule has 0 saturated heterocycles. The van der Waals surface area contributed by atoms with E-state index in [0.717, 1.165) is 10.6 Å². The molecule has 21 heavy (non-hydrogen) atoms. The molecule has 0 saturated carbocycles. The standard InChI is InChI=1S/C16H13NO3S/c18-15-14(21-12-9-5-4-8-11(12)17-15)13(16(19)20)10-6-2-1-3-7-10/h1-9,13-14H,(H,17,18)(H,19,20)/t13-,14+/m1/s1. The molecule has 1 aliphatic rings. The number of hydrogen-bond acceptors (Lipinski definition) is 3. The van der Waals surface area contributed by atoms with E-state index in [1.807, 2.05) is 30.3 Å². The number of carboxylic acid groups (broad SMARTS) is 1. The topological polar surface area (TPSA) is 66.4 Å². The molecule has 1 heterocycles. The second-order valence-electron chi connectivity index (χ2n) is 4.75. The highest BCUT2D eigenvalue weighted by atomic mass is 32.2. The van der Waals surface area contributed by atoms with Crippen molar-refractivity contribution in [2.75, 3.05) is 5.32 Å². The zero-order valence-electron chi connectivity index (χ0n) is 11.0. The Morgan fingerprint density at radius 2 is 1.76 bits per heavy atom. The van der Waals surface area contributed by atoms with Gasteiger partial charge in [0.2, 0.25) is 5.91 Å². The van der Waals surface area contributed by atoms with Gasteiger partial charge in [-0.2, -0.15) is 0 Å². The van der Waals surface area contributed by atoms with Crippen LogP contribution in [0, 0.1) is 0 Å². The lowest BCUT2D eigenvalue weighted by Gasteiger charge is -2.28. The number of carboxylic acids is 1. The molecule has 0 spiro atoms. The number of benzene rings is 2. The van der Waals surface area contributed by atoms with Crippen molar-refractivity contribution in [2.45, 2.75) is 16.1 Å². The van der Waals surface area contributed by atoms with E-state index < -0.39 is 17.1 Å². The minimum absolute atomic E-state index is 0.269. The van der Waals surface area contributed by atoms with Crippen LogP contribution in [-0.4, -0.2) is 22.2 Å². The molecule has 3 rings (SSSR count). The smallest absolute Gasteiger partial charge is 0.312 e. The second-order valence-corrected chi connectivity index (χ2v) is 5.93. The highest BCUT2D eigenvalue weighted by Gasteiger charge is 2.38. The number of thioether (sulfide) groups is 1. The van der Waals surface area contributed by atoms with Gasteiger partial charge in [-0.05, 0) is 17.7 Å². The number of amides is 1. The lowest BCUT2D eigenvalue weighted by atomic mass is 9.95. The van der Waals surface area contributed by atoms with Crippen LogP contribution in [0.3, 0.4) is 0 Å². The van der Waals surface area contributed by atoms with Gasteiger partial charge in [0.25, 0.3) is 0 Å². The zero-order valence-corrected chi connectivity index (χ0v) is 11.8. The Morgan fingerprint density at radius 1 is 1.10 bits per heavy atom. The zero-order chi connectivity index (χ0) is 14.8.